The summed E-state index contributed by atoms with van der Waals surface area (Å²) >= 11 is 0. The molecule has 0 bridgehead atoms. The van der Waals surface area contributed by atoms with Gasteiger partial charge < -0.3 is 9.88 Å². The van der Waals surface area contributed by atoms with Crippen molar-refractivity contribution in [1.29, 1.82) is 0 Å². The van der Waals surface area contributed by atoms with E-state index in [-0.39, 0.29) is 11.9 Å². The second-order valence-electron chi connectivity index (χ2n) is 5.03. The molecule has 0 radical (unpaired) electrons. The molecule has 1 aromatic heterocycles. The van der Waals surface area contributed by atoms with Gasteiger partial charge in [-0.05, 0) is 47.1 Å². The molecule has 3 heteroatoms. The maximum absolute atomic E-state index is 12.1. The summed E-state index contributed by atoms with van der Waals surface area (Å²) in [5, 5.41) is 3.01. The second kappa shape index (κ2) is 5.39. The number of carbonyl (C=O) groups is 1. The van der Waals surface area contributed by atoms with Crippen LogP contribution in [0, 0.1) is 13.8 Å². The van der Waals surface area contributed by atoms with Gasteiger partial charge in [-0.15, -0.1) is 0 Å². The Kier molecular flexibility index (Phi) is 4.38. The minimum absolute atomic E-state index is 0.0411. The number of hydrogen-bond donors (Lipinski definition) is 1. The molecular formula is C14H24N2O. The highest BCUT2D eigenvalue weighted by Gasteiger charge is 2.17. The topological polar surface area (TPSA) is 34.0 Å². The van der Waals surface area contributed by atoms with E-state index in [4.69, 9.17) is 0 Å². The van der Waals surface area contributed by atoms with Crippen LogP contribution >= 0.6 is 0 Å². The number of hydrogen-bond acceptors (Lipinski definition) is 1. The summed E-state index contributed by atoms with van der Waals surface area (Å²) in [6.45, 7) is 12.4. The first kappa shape index (κ1) is 13.8. The summed E-state index contributed by atoms with van der Waals surface area (Å²) in [5.74, 6) is 0.0411. The number of nitrogens with one attached hydrogen (secondary N) is 1. The smallest absolute Gasteiger partial charge is 0.253 e. The number of nitrogens with zero attached hydrogens (tertiary/aromatic N) is 1. The Hall–Kier alpha value is -1.25. The zero-order chi connectivity index (χ0) is 13.2. The highest BCUT2D eigenvalue weighted by Crippen LogP contribution is 2.20. The van der Waals surface area contributed by atoms with Gasteiger partial charge in [0.15, 0.2) is 0 Å². The van der Waals surface area contributed by atoms with Crippen LogP contribution in [-0.2, 0) is 0 Å². The maximum atomic E-state index is 12.1. The number of amides is 1. The minimum atomic E-state index is 0.0411. The van der Waals surface area contributed by atoms with Crippen LogP contribution in [-0.4, -0.2) is 16.5 Å². The van der Waals surface area contributed by atoms with E-state index in [1.54, 1.807) is 0 Å². The van der Waals surface area contributed by atoms with E-state index in [0.29, 0.717) is 6.04 Å². The van der Waals surface area contributed by atoms with Crippen molar-refractivity contribution in [2.75, 3.05) is 0 Å². The minimum Gasteiger partial charge on any atom is -0.350 e. The van der Waals surface area contributed by atoms with E-state index in [2.05, 4.69) is 30.7 Å². The van der Waals surface area contributed by atoms with Gasteiger partial charge >= 0.3 is 0 Å². The van der Waals surface area contributed by atoms with Gasteiger partial charge in [-0.1, -0.05) is 6.92 Å². The van der Waals surface area contributed by atoms with Crippen molar-refractivity contribution < 1.29 is 4.79 Å². The third-order valence-electron chi connectivity index (χ3n) is 3.24. The average Bonchev–Trinajstić information content (AvgIpc) is 2.53. The molecule has 0 spiro atoms. The highest BCUT2D eigenvalue weighted by atomic mass is 16.1. The van der Waals surface area contributed by atoms with Gasteiger partial charge in [0.25, 0.3) is 5.91 Å². The van der Waals surface area contributed by atoms with Crippen LogP contribution in [0.25, 0.3) is 0 Å². The predicted octanol–water partition coefficient (Wildman–Crippen LogP) is 3.21. The lowest BCUT2D eigenvalue weighted by molar-refractivity contribution is 0.0938. The van der Waals surface area contributed by atoms with E-state index in [0.717, 1.165) is 23.4 Å². The van der Waals surface area contributed by atoms with E-state index >= 15 is 0 Å². The Morgan fingerprint density at radius 1 is 1.35 bits per heavy atom. The van der Waals surface area contributed by atoms with E-state index in [1.807, 2.05) is 26.8 Å². The normalized spacial score (nSPS) is 12.9. The molecule has 1 N–H and O–H groups in total. The Labute approximate surface area is 104 Å². The molecule has 1 heterocycles. The van der Waals surface area contributed by atoms with E-state index in [1.165, 1.54) is 0 Å². The molecule has 0 aromatic carbocycles. The first-order valence-corrected chi connectivity index (χ1v) is 6.37. The Morgan fingerprint density at radius 2 is 1.94 bits per heavy atom. The predicted molar refractivity (Wildman–Crippen MR) is 71.5 cm³/mol. The van der Waals surface area contributed by atoms with Crippen molar-refractivity contribution in [3.05, 3.63) is 23.0 Å². The largest absolute Gasteiger partial charge is 0.350 e. The fourth-order valence-electron chi connectivity index (χ4n) is 2.21. The molecule has 0 aliphatic rings. The van der Waals surface area contributed by atoms with Gasteiger partial charge in [-0.3, -0.25) is 4.79 Å². The fourth-order valence-corrected chi connectivity index (χ4v) is 2.21. The molecule has 96 valence electrons. The lowest BCUT2D eigenvalue weighted by Gasteiger charge is -2.14. The molecule has 0 saturated carbocycles. The van der Waals surface area contributed by atoms with Crippen molar-refractivity contribution >= 4 is 5.91 Å². The van der Waals surface area contributed by atoms with Crippen molar-refractivity contribution in [1.82, 2.24) is 9.88 Å². The molecule has 1 aromatic rings. The fraction of sp³-hybridized carbons (Fsp3) is 0.643. The lowest BCUT2D eigenvalue weighted by atomic mass is 10.2. The molecule has 0 aliphatic heterocycles. The first-order chi connectivity index (χ1) is 7.88. The zero-order valence-electron chi connectivity index (χ0n) is 11.8. The Balaban J connectivity index is 3.00. The summed E-state index contributed by atoms with van der Waals surface area (Å²) in [5.41, 5.74) is 3.00. The summed E-state index contributed by atoms with van der Waals surface area (Å²) < 4.78 is 2.20. The first-order valence-electron chi connectivity index (χ1n) is 6.37. The molecule has 3 nitrogen and oxygen atoms in total. The second-order valence-corrected chi connectivity index (χ2v) is 5.03. The summed E-state index contributed by atoms with van der Waals surface area (Å²) in [6, 6.07) is 2.59. The molecule has 1 amide bonds. The van der Waals surface area contributed by atoms with E-state index in [9.17, 15) is 4.79 Å². The third-order valence-corrected chi connectivity index (χ3v) is 3.24. The molecule has 1 rings (SSSR count). The van der Waals surface area contributed by atoms with Crippen molar-refractivity contribution in [2.24, 2.45) is 0 Å². The van der Waals surface area contributed by atoms with Gasteiger partial charge in [0.1, 0.15) is 0 Å². The van der Waals surface area contributed by atoms with Crippen molar-refractivity contribution in [3.8, 4) is 0 Å². The maximum Gasteiger partial charge on any atom is 0.253 e. The number of rotatable bonds is 4. The third kappa shape index (κ3) is 2.90. The monoisotopic (exact) mass is 236 g/mol. The van der Waals surface area contributed by atoms with Gasteiger partial charge in [0, 0.05) is 23.5 Å². The van der Waals surface area contributed by atoms with E-state index < -0.39 is 0 Å². The van der Waals surface area contributed by atoms with Crippen LogP contribution < -0.4 is 5.32 Å². The quantitative estimate of drug-likeness (QED) is 0.855. The van der Waals surface area contributed by atoms with Crippen LogP contribution in [0.4, 0.5) is 0 Å². The average molecular weight is 236 g/mol. The Morgan fingerprint density at radius 3 is 2.35 bits per heavy atom. The number of aromatic nitrogens is 1. The molecule has 0 fully saturated rings. The van der Waals surface area contributed by atoms with Gasteiger partial charge in [-0.2, -0.15) is 0 Å². The van der Waals surface area contributed by atoms with Crippen molar-refractivity contribution in [2.45, 2.75) is 60.0 Å². The summed E-state index contributed by atoms with van der Waals surface area (Å²) in [4.78, 5) is 12.1. The van der Waals surface area contributed by atoms with Crippen LogP contribution in [0.3, 0.4) is 0 Å². The number of aryl methyl sites for hydroxylation is 1. The van der Waals surface area contributed by atoms with Gasteiger partial charge in [-0.25, -0.2) is 0 Å². The van der Waals surface area contributed by atoms with Gasteiger partial charge in [0.05, 0.1) is 5.56 Å². The van der Waals surface area contributed by atoms with Gasteiger partial charge in [0.2, 0.25) is 0 Å². The lowest BCUT2D eigenvalue weighted by Crippen LogP contribution is -2.32. The molecule has 1 atom stereocenters. The zero-order valence-corrected chi connectivity index (χ0v) is 11.8. The molecule has 0 saturated heterocycles. The molecular weight excluding hydrogens is 212 g/mol. The van der Waals surface area contributed by atoms with Crippen LogP contribution in [0.2, 0.25) is 0 Å². The SMILES string of the molecule is CCC(C)NC(=O)c1cc(C)n(C(C)C)c1C. The number of carbonyl (C=O) groups excluding carboxylic acids is 1. The van der Waals surface area contributed by atoms with Crippen LogP contribution in [0.1, 0.15) is 61.9 Å². The Bertz CT molecular complexity index is 405. The highest BCUT2D eigenvalue weighted by molar-refractivity contribution is 5.95. The van der Waals surface area contributed by atoms with Crippen LogP contribution in [0.5, 0.6) is 0 Å². The van der Waals surface area contributed by atoms with Crippen molar-refractivity contribution in [3.63, 3.8) is 0 Å². The molecule has 1 unspecified atom stereocenters. The molecule has 17 heavy (non-hydrogen) atoms. The standard InChI is InChI=1S/C14H24N2O/c1-7-10(4)15-14(17)13-8-11(5)16(9(2)3)12(13)6/h8-10H,7H2,1-6H3,(H,15,17). The summed E-state index contributed by atoms with van der Waals surface area (Å²) in [6.07, 6.45) is 0.953. The van der Waals surface area contributed by atoms with Crippen LogP contribution in [0.15, 0.2) is 6.07 Å². The molecule has 0 aliphatic carbocycles. The summed E-state index contributed by atoms with van der Waals surface area (Å²) in [7, 11) is 0.